The summed E-state index contributed by atoms with van der Waals surface area (Å²) in [5.74, 6) is 0.513. The molecule has 3 N–H and O–H groups in total. The molecular formula is C13H28N4O3S. The molecule has 7 nitrogen and oxygen atoms in total. The van der Waals surface area contributed by atoms with E-state index in [1.165, 1.54) is 0 Å². The lowest BCUT2D eigenvalue weighted by atomic mass is 10.1. The molecule has 1 heterocycles. The Kier molecular flexibility index (Phi) is 6.89. The normalized spacial score (nSPS) is 20.9. The van der Waals surface area contributed by atoms with Gasteiger partial charge in [0, 0.05) is 26.2 Å². The number of rotatable bonds is 7. The highest BCUT2D eigenvalue weighted by Crippen LogP contribution is 2.15. The van der Waals surface area contributed by atoms with E-state index in [4.69, 9.17) is 10.9 Å². The molecule has 0 aromatic heterocycles. The summed E-state index contributed by atoms with van der Waals surface area (Å²) >= 11 is 0. The highest BCUT2D eigenvalue weighted by atomic mass is 32.2. The Hall–Kier alpha value is -0.860. The van der Waals surface area contributed by atoms with Gasteiger partial charge in [-0.3, -0.25) is 4.90 Å². The molecule has 0 spiro atoms. The number of piperazine rings is 1. The first kappa shape index (κ1) is 18.2. The zero-order valence-corrected chi connectivity index (χ0v) is 14.0. The van der Waals surface area contributed by atoms with Crippen molar-refractivity contribution in [3.63, 3.8) is 0 Å². The fourth-order valence-corrected chi connectivity index (χ4v) is 4.45. The van der Waals surface area contributed by atoms with Gasteiger partial charge in [-0.2, -0.15) is 4.31 Å². The maximum Gasteiger partial charge on any atom is 0.214 e. The third-order valence-electron chi connectivity index (χ3n) is 3.67. The van der Waals surface area contributed by atoms with Crippen LogP contribution in [0.4, 0.5) is 0 Å². The molecule has 0 aromatic carbocycles. The lowest BCUT2D eigenvalue weighted by molar-refractivity contribution is 0.158. The molecule has 0 saturated carbocycles. The van der Waals surface area contributed by atoms with Crippen molar-refractivity contribution < 1.29 is 13.6 Å². The van der Waals surface area contributed by atoms with Crippen LogP contribution in [-0.4, -0.2) is 66.6 Å². The van der Waals surface area contributed by atoms with Gasteiger partial charge >= 0.3 is 0 Å². The summed E-state index contributed by atoms with van der Waals surface area (Å²) in [4.78, 5) is 2.10. The van der Waals surface area contributed by atoms with Crippen molar-refractivity contribution >= 4 is 15.9 Å². The fourth-order valence-electron chi connectivity index (χ4n) is 2.68. The van der Waals surface area contributed by atoms with E-state index >= 15 is 0 Å². The Morgan fingerprint density at radius 1 is 1.29 bits per heavy atom. The van der Waals surface area contributed by atoms with Gasteiger partial charge in [0.25, 0.3) is 0 Å². The maximum absolute atomic E-state index is 12.2. The van der Waals surface area contributed by atoms with Gasteiger partial charge in [0.15, 0.2) is 5.84 Å². The number of hydrogen-bond donors (Lipinski definition) is 2. The van der Waals surface area contributed by atoms with Gasteiger partial charge in [0.05, 0.1) is 11.8 Å². The summed E-state index contributed by atoms with van der Waals surface area (Å²) in [5, 5.41) is 12.0. The first-order valence-electron chi connectivity index (χ1n) is 7.51. The monoisotopic (exact) mass is 320 g/mol. The molecule has 124 valence electrons. The van der Waals surface area contributed by atoms with Gasteiger partial charge in [-0.25, -0.2) is 8.42 Å². The predicted octanol–water partition coefficient (Wildman–Crippen LogP) is 0.505. The molecule has 0 amide bonds. The van der Waals surface area contributed by atoms with Crippen molar-refractivity contribution in [1.29, 1.82) is 0 Å². The summed E-state index contributed by atoms with van der Waals surface area (Å²) < 4.78 is 26.0. The minimum atomic E-state index is -3.17. The van der Waals surface area contributed by atoms with Crippen molar-refractivity contribution in [2.45, 2.75) is 39.7 Å². The smallest absolute Gasteiger partial charge is 0.214 e. The fraction of sp³-hybridized carbons (Fsp3) is 0.923. The first-order valence-corrected chi connectivity index (χ1v) is 9.12. The summed E-state index contributed by atoms with van der Waals surface area (Å²) in [5.41, 5.74) is 5.75. The van der Waals surface area contributed by atoms with E-state index < -0.39 is 10.0 Å². The van der Waals surface area contributed by atoms with Crippen LogP contribution in [0.2, 0.25) is 0 Å². The summed E-state index contributed by atoms with van der Waals surface area (Å²) in [6.45, 7) is 8.01. The molecule has 0 bridgehead atoms. The molecule has 0 aliphatic carbocycles. The number of sulfonamides is 1. The van der Waals surface area contributed by atoms with Crippen molar-refractivity contribution in [1.82, 2.24) is 9.21 Å². The Morgan fingerprint density at radius 3 is 2.29 bits per heavy atom. The van der Waals surface area contributed by atoms with Gasteiger partial charge in [0.1, 0.15) is 0 Å². The molecule has 1 aliphatic heterocycles. The van der Waals surface area contributed by atoms with Crippen LogP contribution < -0.4 is 5.73 Å². The van der Waals surface area contributed by atoms with Gasteiger partial charge in [0.2, 0.25) is 10.0 Å². The van der Waals surface area contributed by atoms with E-state index in [9.17, 15) is 8.42 Å². The maximum atomic E-state index is 12.2. The molecule has 8 heteroatoms. The standard InChI is InChI=1S/C13H28N4O3S/c1-4-5-12(13(14)15-18)16-6-8-17(9-7-16)21(19,20)10-11(2)3/h11-12,18H,4-10H2,1-3H3,(H2,14,15). The first-order chi connectivity index (χ1) is 9.81. The van der Waals surface area contributed by atoms with E-state index in [0.717, 1.165) is 12.8 Å². The molecule has 1 atom stereocenters. The number of nitrogens with zero attached hydrogens (tertiary/aromatic N) is 3. The zero-order chi connectivity index (χ0) is 16.0. The van der Waals surface area contributed by atoms with Gasteiger partial charge in [-0.1, -0.05) is 32.3 Å². The minimum Gasteiger partial charge on any atom is -0.409 e. The Bertz CT molecular complexity index is 442. The molecular weight excluding hydrogens is 292 g/mol. The lowest BCUT2D eigenvalue weighted by Crippen LogP contribution is -2.55. The zero-order valence-electron chi connectivity index (χ0n) is 13.2. The molecule has 1 saturated heterocycles. The van der Waals surface area contributed by atoms with Gasteiger partial charge in [-0.15, -0.1) is 0 Å². The molecule has 21 heavy (non-hydrogen) atoms. The molecule has 1 unspecified atom stereocenters. The van der Waals surface area contributed by atoms with Crippen LogP contribution >= 0.6 is 0 Å². The molecule has 1 rings (SSSR count). The SMILES string of the molecule is CCCC(C(N)=NO)N1CCN(S(=O)(=O)CC(C)C)CC1. The van der Waals surface area contributed by atoms with Crippen molar-refractivity contribution in [2.24, 2.45) is 16.8 Å². The summed E-state index contributed by atoms with van der Waals surface area (Å²) in [6, 6.07) is -0.116. The average Bonchev–Trinajstić information content (AvgIpc) is 2.43. The quantitative estimate of drug-likeness (QED) is 0.308. The topological polar surface area (TPSA) is 99.2 Å². The van der Waals surface area contributed by atoms with Crippen LogP contribution in [-0.2, 0) is 10.0 Å². The molecule has 0 radical (unpaired) electrons. The third-order valence-corrected chi connectivity index (χ3v) is 5.91. The van der Waals surface area contributed by atoms with Crippen LogP contribution in [0.15, 0.2) is 5.16 Å². The Balaban J connectivity index is 2.66. The number of nitrogens with two attached hydrogens (primary N) is 1. The Labute approximate surface area is 127 Å². The largest absolute Gasteiger partial charge is 0.409 e. The summed E-state index contributed by atoms with van der Waals surface area (Å²) in [6.07, 6.45) is 1.72. The number of amidine groups is 1. The van der Waals surface area contributed by atoms with Crippen molar-refractivity contribution in [2.75, 3.05) is 31.9 Å². The third kappa shape index (κ3) is 5.12. The molecule has 1 fully saturated rings. The lowest BCUT2D eigenvalue weighted by Gasteiger charge is -2.38. The van der Waals surface area contributed by atoms with Crippen molar-refractivity contribution in [3.8, 4) is 0 Å². The second-order valence-corrected chi connectivity index (χ2v) is 7.95. The second kappa shape index (κ2) is 7.95. The van der Waals surface area contributed by atoms with E-state index in [1.54, 1.807) is 4.31 Å². The van der Waals surface area contributed by atoms with E-state index in [-0.39, 0.29) is 23.5 Å². The van der Waals surface area contributed by atoms with E-state index in [0.29, 0.717) is 26.2 Å². The molecule has 0 aromatic rings. The van der Waals surface area contributed by atoms with Crippen LogP contribution in [0.5, 0.6) is 0 Å². The van der Waals surface area contributed by atoms with E-state index in [2.05, 4.69) is 10.1 Å². The van der Waals surface area contributed by atoms with Gasteiger partial charge in [-0.05, 0) is 12.3 Å². The summed E-state index contributed by atoms with van der Waals surface area (Å²) in [7, 11) is -3.17. The van der Waals surface area contributed by atoms with E-state index in [1.807, 2.05) is 20.8 Å². The highest BCUT2D eigenvalue weighted by molar-refractivity contribution is 7.89. The van der Waals surface area contributed by atoms with Crippen LogP contribution in [0.1, 0.15) is 33.6 Å². The van der Waals surface area contributed by atoms with Crippen LogP contribution in [0.25, 0.3) is 0 Å². The number of oxime groups is 1. The Morgan fingerprint density at radius 2 is 1.86 bits per heavy atom. The predicted molar refractivity (Wildman–Crippen MR) is 83.9 cm³/mol. The number of hydrogen-bond acceptors (Lipinski definition) is 5. The van der Waals surface area contributed by atoms with Crippen LogP contribution in [0, 0.1) is 5.92 Å². The minimum absolute atomic E-state index is 0.116. The van der Waals surface area contributed by atoms with Crippen molar-refractivity contribution in [3.05, 3.63) is 0 Å². The highest BCUT2D eigenvalue weighted by Gasteiger charge is 2.31. The van der Waals surface area contributed by atoms with Crippen LogP contribution in [0.3, 0.4) is 0 Å². The van der Waals surface area contributed by atoms with Gasteiger partial charge < -0.3 is 10.9 Å². The molecule has 1 aliphatic rings. The average molecular weight is 320 g/mol. The second-order valence-electron chi connectivity index (χ2n) is 5.94.